The fraction of sp³-hybridized carbons (Fsp3) is 0.867. The minimum Gasteiger partial charge on any atom is -0.389 e. The van der Waals surface area contributed by atoms with Gasteiger partial charge in [0.2, 0.25) is 0 Å². The van der Waals surface area contributed by atoms with Crippen LogP contribution in [-0.2, 0) is 0 Å². The average Bonchev–Trinajstić information content (AvgIpc) is 2.24. The largest absolute Gasteiger partial charge is 0.389 e. The summed E-state index contributed by atoms with van der Waals surface area (Å²) in [6.45, 7) is 12.0. The van der Waals surface area contributed by atoms with E-state index in [1.165, 1.54) is 50.6 Å². The van der Waals surface area contributed by atoms with Gasteiger partial charge in [-0.2, -0.15) is 0 Å². The molecule has 0 aromatic carbocycles. The molecule has 0 rings (SSSR count). The van der Waals surface area contributed by atoms with Gasteiger partial charge in [-0.15, -0.1) is 0 Å². The van der Waals surface area contributed by atoms with Gasteiger partial charge in [-0.05, 0) is 25.2 Å². The summed E-state index contributed by atoms with van der Waals surface area (Å²) >= 11 is 0. The van der Waals surface area contributed by atoms with Crippen molar-refractivity contribution in [2.75, 3.05) is 6.54 Å². The number of nitrogens with one attached hydrogen (secondary N) is 1. The monoisotopic (exact) mass is 225 g/mol. The van der Waals surface area contributed by atoms with Gasteiger partial charge in [0.05, 0.1) is 0 Å². The van der Waals surface area contributed by atoms with Gasteiger partial charge in [0.1, 0.15) is 0 Å². The molecule has 0 saturated carbocycles. The molecule has 0 saturated heterocycles. The molecule has 0 heterocycles. The summed E-state index contributed by atoms with van der Waals surface area (Å²) in [7, 11) is 0. The molecule has 0 aliphatic heterocycles. The Morgan fingerprint density at radius 2 is 1.81 bits per heavy atom. The highest BCUT2D eigenvalue weighted by atomic mass is 14.9. The fourth-order valence-corrected chi connectivity index (χ4v) is 1.80. The van der Waals surface area contributed by atoms with Crippen LogP contribution in [0.15, 0.2) is 12.3 Å². The third kappa shape index (κ3) is 11.6. The molecule has 0 amide bonds. The molecule has 0 aliphatic carbocycles. The van der Waals surface area contributed by atoms with Crippen molar-refractivity contribution >= 4 is 0 Å². The minimum absolute atomic E-state index is 0.843. The topological polar surface area (TPSA) is 12.0 Å². The second-order valence-corrected chi connectivity index (χ2v) is 5.23. The number of hydrogen-bond donors (Lipinski definition) is 1. The lowest BCUT2D eigenvalue weighted by molar-refractivity contribution is 0.530. The Kier molecular flexibility index (Phi) is 10.7. The van der Waals surface area contributed by atoms with Crippen LogP contribution in [0.4, 0.5) is 0 Å². The highest BCUT2D eigenvalue weighted by Gasteiger charge is 1.96. The van der Waals surface area contributed by atoms with E-state index in [1.807, 2.05) is 0 Å². The summed E-state index contributed by atoms with van der Waals surface area (Å²) in [5.41, 5.74) is 1.24. The Morgan fingerprint density at radius 1 is 1.06 bits per heavy atom. The van der Waals surface area contributed by atoms with Gasteiger partial charge in [0.15, 0.2) is 0 Å². The second-order valence-electron chi connectivity index (χ2n) is 5.23. The van der Waals surface area contributed by atoms with Crippen LogP contribution >= 0.6 is 0 Å². The normalized spacial score (nSPS) is 10.8. The molecule has 96 valence electrons. The number of rotatable bonds is 11. The van der Waals surface area contributed by atoms with Crippen LogP contribution in [0.2, 0.25) is 0 Å². The zero-order chi connectivity index (χ0) is 12.2. The lowest BCUT2D eigenvalue weighted by Crippen LogP contribution is -2.13. The smallest absolute Gasteiger partial charge is 0.0143 e. The molecule has 1 N–H and O–H groups in total. The van der Waals surface area contributed by atoms with Crippen molar-refractivity contribution in [1.29, 1.82) is 0 Å². The van der Waals surface area contributed by atoms with E-state index in [0.29, 0.717) is 0 Å². The number of unbranched alkanes of at least 4 members (excludes halogenated alkanes) is 4. The van der Waals surface area contributed by atoms with Crippen LogP contribution in [0.3, 0.4) is 0 Å². The van der Waals surface area contributed by atoms with Gasteiger partial charge in [-0.3, -0.25) is 0 Å². The van der Waals surface area contributed by atoms with Crippen molar-refractivity contribution in [3.8, 4) is 0 Å². The molecule has 0 aromatic rings. The van der Waals surface area contributed by atoms with Crippen molar-refractivity contribution in [3.05, 3.63) is 12.3 Å². The Balaban J connectivity index is 3.18. The Morgan fingerprint density at radius 3 is 2.44 bits per heavy atom. The highest BCUT2D eigenvalue weighted by molar-refractivity contribution is 4.90. The van der Waals surface area contributed by atoms with Crippen LogP contribution in [-0.4, -0.2) is 6.54 Å². The van der Waals surface area contributed by atoms with Gasteiger partial charge in [0.25, 0.3) is 0 Å². The molecule has 0 atom stereocenters. The molecular weight excluding hydrogens is 194 g/mol. The van der Waals surface area contributed by atoms with Crippen LogP contribution in [0.1, 0.15) is 72.1 Å². The summed E-state index contributed by atoms with van der Waals surface area (Å²) in [5, 5.41) is 3.44. The maximum atomic E-state index is 4.08. The van der Waals surface area contributed by atoms with Crippen LogP contribution in [0.5, 0.6) is 0 Å². The molecule has 0 bridgehead atoms. The molecular formula is C15H31N. The van der Waals surface area contributed by atoms with E-state index in [4.69, 9.17) is 0 Å². The van der Waals surface area contributed by atoms with Crippen LogP contribution < -0.4 is 5.32 Å². The van der Waals surface area contributed by atoms with E-state index in [1.54, 1.807) is 0 Å². The summed E-state index contributed by atoms with van der Waals surface area (Å²) in [6.07, 6.45) is 10.5. The van der Waals surface area contributed by atoms with Crippen molar-refractivity contribution in [3.63, 3.8) is 0 Å². The first-order valence-electron chi connectivity index (χ1n) is 7.08. The van der Waals surface area contributed by atoms with Crippen molar-refractivity contribution in [2.24, 2.45) is 5.92 Å². The molecule has 1 nitrogen and oxygen atoms in total. The maximum absolute atomic E-state index is 4.08. The van der Waals surface area contributed by atoms with Gasteiger partial charge >= 0.3 is 0 Å². The van der Waals surface area contributed by atoms with Crippen molar-refractivity contribution in [1.82, 2.24) is 5.32 Å². The Bertz CT molecular complexity index is 161. The molecule has 0 fully saturated rings. The Hall–Kier alpha value is -0.460. The standard InChI is InChI=1S/C15H31N/c1-5-6-7-10-13-16-15(4)12-9-8-11-14(2)3/h14,16H,4-13H2,1-3H3. The van der Waals surface area contributed by atoms with Gasteiger partial charge < -0.3 is 5.32 Å². The third-order valence-corrected chi connectivity index (χ3v) is 2.92. The van der Waals surface area contributed by atoms with Gasteiger partial charge in [0, 0.05) is 12.2 Å². The van der Waals surface area contributed by atoms with E-state index >= 15 is 0 Å². The minimum atomic E-state index is 0.843. The zero-order valence-corrected chi connectivity index (χ0v) is 11.6. The van der Waals surface area contributed by atoms with E-state index in [0.717, 1.165) is 18.9 Å². The first-order chi connectivity index (χ1) is 7.66. The predicted octanol–water partition coefficient (Wildman–Crippen LogP) is 4.89. The number of allylic oxidation sites excluding steroid dienone is 1. The summed E-state index contributed by atoms with van der Waals surface area (Å²) in [5.74, 6) is 0.843. The zero-order valence-electron chi connectivity index (χ0n) is 11.6. The lowest BCUT2D eigenvalue weighted by Gasteiger charge is -2.10. The molecule has 0 aromatic heterocycles. The van der Waals surface area contributed by atoms with Crippen LogP contribution in [0, 0.1) is 5.92 Å². The molecule has 16 heavy (non-hydrogen) atoms. The average molecular weight is 225 g/mol. The van der Waals surface area contributed by atoms with Gasteiger partial charge in [-0.25, -0.2) is 0 Å². The first-order valence-corrected chi connectivity index (χ1v) is 7.08. The third-order valence-electron chi connectivity index (χ3n) is 2.92. The quantitative estimate of drug-likeness (QED) is 0.494. The Labute approximate surface area is 103 Å². The predicted molar refractivity (Wildman–Crippen MR) is 74.6 cm³/mol. The SMILES string of the molecule is C=C(CCCCC(C)C)NCCCCCC. The molecule has 1 heteroatoms. The van der Waals surface area contributed by atoms with E-state index in [-0.39, 0.29) is 0 Å². The summed E-state index contributed by atoms with van der Waals surface area (Å²) in [6, 6.07) is 0. The molecule has 0 radical (unpaired) electrons. The lowest BCUT2D eigenvalue weighted by atomic mass is 10.0. The second kappa shape index (κ2) is 11.0. The highest BCUT2D eigenvalue weighted by Crippen LogP contribution is 2.10. The van der Waals surface area contributed by atoms with Crippen molar-refractivity contribution in [2.45, 2.75) is 72.1 Å². The summed E-state index contributed by atoms with van der Waals surface area (Å²) in [4.78, 5) is 0. The molecule has 0 aliphatic rings. The van der Waals surface area contributed by atoms with E-state index < -0.39 is 0 Å². The van der Waals surface area contributed by atoms with Crippen LogP contribution in [0.25, 0.3) is 0 Å². The number of hydrogen-bond acceptors (Lipinski definition) is 1. The first kappa shape index (κ1) is 15.5. The summed E-state index contributed by atoms with van der Waals surface area (Å²) < 4.78 is 0. The van der Waals surface area contributed by atoms with E-state index in [2.05, 4.69) is 32.7 Å². The molecule has 0 unspecified atom stereocenters. The van der Waals surface area contributed by atoms with E-state index in [9.17, 15) is 0 Å². The van der Waals surface area contributed by atoms with Gasteiger partial charge in [-0.1, -0.05) is 59.5 Å². The molecule has 0 spiro atoms. The van der Waals surface area contributed by atoms with Crippen molar-refractivity contribution < 1.29 is 0 Å². The maximum Gasteiger partial charge on any atom is 0.0143 e. The fourth-order valence-electron chi connectivity index (χ4n) is 1.80.